The number of nitrogens with zero attached hydrogens (tertiary/aromatic N) is 5. The van der Waals surface area contributed by atoms with Gasteiger partial charge in [0.25, 0.3) is 0 Å². The van der Waals surface area contributed by atoms with Gasteiger partial charge >= 0.3 is 5.97 Å². The molecule has 4 rings (SSSR count). The lowest BCUT2D eigenvalue weighted by atomic mass is 10.0. The molecule has 0 saturated carbocycles. The number of esters is 1. The third-order valence-corrected chi connectivity index (χ3v) is 6.70. The highest BCUT2D eigenvalue weighted by Gasteiger charge is 2.20. The Labute approximate surface area is 237 Å². The second-order valence-corrected chi connectivity index (χ2v) is 9.53. The summed E-state index contributed by atoms with van der Waals surface area (Å²) in [5.41, 5.74) is 3.66. The number of oxime groups is 1. The van der Waals surface area contributed by atoms with Crippen molar-refractivity contribution < 1.29 is 19.1 Å². The highest BCUT2D eigenvalue weighted by molar-refractivity contribution is 8.14. The van der Waals surface area contributed by atoms with Gasteiger partial charge in [-0.3, -0.25) is 0 Å². The van der Waals surface area contributed by atoms with Crippen molar-refractivity contribution in [1.82, 2.24) is 9.88 Å². The Morgan fingerprint density at radius 3 is 2.62 bits per heavy atom. The maximum Gasteiger partial charge on any atom is 0.360 e. The second-order valence-electron chi connectivity index (χ2n) is 8.08. The minimum atomic E-state index is -0.560. The number of aromatic nitrogens is 1. The smallest absolute Gasteiger partial charge is 0.360 e. The number of halogens is 1. The molecule has 1 aliphatic heterocycles. The summed E-state index contributed by atoms with van der Waals surface area (Å²) in [5, 5.41) is 13.6. The molecule has 11 heteroatoms. The molecule has 0 N–H and O–H groups in total. The van der Waals surface area contributed by atoms with Gasteiger partial charge in [-0.05, 0) is 35.7 Å². The first-order chi connectivity index (χ1) is 19.0. The summed E-state index contributed by atoms with van der Waals surface area (Å²) in [6, 6.07) is 18.8. The summed E-state index contributed by atoms with van der Waals surface area (Å²) in [7, 11) is 2.69. The van der Waals surface area contributed by atoms with E-state index in [9.17, 15) is 4.79 Å². The van der Waals surface area contributed by atoms with Crippen LogP contribution in [0.3, 0.4) is 0 Å². The first kappa shape index (κ1) is 29.5. The highest BCUT2D eigenvalue weighted by atomic mass is 35.5. The average molecular weight is 566 g/mol. The fourth-order valence-electron chi connectivity index (χ4n) is 3.58. The maximum absolute atomic E-state index is 11.9. The molecule has 0 atom stereocenters. The van der Waals surface area contributed by atoms with Crippen LogP contribution in [0.25, 0.3) is 0 Å². The molecule has 0 bridgehead atoms. The van der Waals surface area contributed by atoms with Gasteiger partial charge in [0.2, 0.25) is 6.19 Å². The van der Waals surface area contributed by atoms with E-state index in [2.05, 4.69) is 20.0 Å². The van der Waals surface area contributed by atoms with Gasteiger partial charge in [-0.15, -0.1) is 4.99 Å². The van der Waals surface area contributed by atoms with Crippen molar-refractivity contribution in [3.8, 4) is 11.9 Å². The summed E-state index contributed by atoms with van der Waals surface area (Å²) in [6.07, 6.45) is 3.57. The topological polar surface area (TPSA) is 109 Å². The van der Waals surface area contributed by atoms with E-state index >= 15 is 0 Å². The summed E-state index contributed by atoms with van der Waals surface area (Å²) in [4.78, 5) is 26.5. The maximum atomic E-state index is 11.9. The molecule has 2 aromatic carbocycles. The molecule has 2 heterocycles. The molecule has 3 aromatic rings. The minimum absolute atomic E-state index is 0.110. The molecule has 1 aliphatic rings. The third kappa shape index (κ3) is 8.74. The Bertz CT molecular complexity index is 1360. The van der Waals surface area contributed by atoms with E-state index in [1.54, 1.807) is 30.1 Å². The quantitative estimate of drug-likeness (QED) is 0.120. The van der Waals surface area contributed by atoms with Crippen LogP contribution in [-0.4, -0.2) is 53.2 Å². The van der Waals surface area contributed by atoms with E-state index in [1.165, 1.54) is 14.2 Å². The van der Waals surface area contributed by atoms with Crippen LogP contribution in [0, 0.1) is 18.4 Å². The largest absolute Gasteiger partial charge is 0.489 e. The zero-order valence-electron chi connectivity index (χ0n) is 21.8. The number of nitriles is 1. The van der Waals surface area contributed by atoms with Crippen molar-refractivity contribution in [2.24, 2.45) is 10.1 Å². The molecule has 39 heavy (non-hydrogen) atoms. The molecule has 1 saturated heterocycles. The van der Waals surface area contributed by atoms with E-state index in [0.717, 1.165) is 46.4 Å². The van der Waals surface area contributed by atoms with Crippen molar-refractivity contribution in [3.63, 3.8) is 0 Å². The van der Waals surface area contributed by atoms with Crippen LogP contribution in [-0.2, 0) is 27.5 Å². The van der Waals surface area contributed by atoms with E-state index in [4.69, 9.17) is 31.2 Å². The monoisotopic (exact) mass is 565 g/mol. The number of amidine groups is 1. The van der Waals surface area contributed by atoms with Crippen molar-refractivity contribution >= 4 is 40.2 Å². The number of hydrogen-bond donors (Lipinski definition) is 0. The van der Waals surface area contributed by atoms with Crippen LogP contribution < -0.4 is 4.74 Å². The van der Waals surface area contributed by atoms with Crippen LogP contribution in [0.15, 0.2) is 77.0 Å². The van der Waals surface area contributed by atoms with Gasteiger partial charge in [0, 0.05) is 30.6 Å². The molecule has 202 valence electrons. The molecular weight excluding hydrogens is 538 g/mol. The summed E-state index contributed by atoms with van der Waals surface area (Å²) in [6.45, 7) is 3.92. The average Bonchev–Trinajstić information content (AvgIpc) is 3.39. The van der Waals surface area contributed by atoms with Gasteiger partial charge < -0.3 is 19.2 Å². The highest BCUT2D eigenvalue weighted by Crippen LogP contribution is 2.21. The van der Waals surface area contributed by atoms with Crippen molar-refractivity contribution in [3.05, 3.63) is 94.3 Å². The SMILES string of the molecule is CO/N=C(/C(=O)OC)c1ccccc1COc1ccccc1C.N#C/N=C1\SCCN1Cc1ccc(Cl)nc1. The fourth-order valence-corrected chi connectivity index (χ4v) is 4.63. The predicted molar refractivity (Wildman–Crippen MR) is 153 cm³/mol. The summed E-state index contributed by atoms with van der Waals surface area (Å²) < 4.78 is 10.6. The zero-order valence-corrected chi connectivity index (χ0v) is 23.4. The van der Waals surface area contributed by atoms with E-state index in [-0.39, 0.29) is 5.71 Å². The molecule has 0 radical (unpaired) electrons. The molecule has 0 unspecified atom stereocenters. The lowest BCUT2D eigenvalue weighted by Gasteiger charge is -2.16. The third-order valence-electron chi connectivity index (χ3n) is 5.48. The number of para-hydroxylation sites is 1. The predicted octanol–water partition coefficient (Wildman–Crippen LogP) is 5.22. The number of hydrogen-bond acceptors (Lipinski definition) is 9. The first-order valence-electron chi connectivity index (χ1n) is 11.9. The van der Waals surface area contributed by atoms with Crippen LogP contribution in [0.1, 0.15) is 22.3 Å². The summed E-state index contributed by atoms with van der Waals surface area (Å²) in [5.74, 6) is 1.21. The molecular formula is C28H28ClN5O4S. The number of aryl methyl sites for hydroxylation is 1. The molecule has 9 nitrogen and oxygen atoms in total. The minimum Gasteiger partial charge on any atom is -0.489 e. The first-order valence-corrected chi connectivity index (χ1v) is 13.2. The van der Waals surface area contributed by atoms with Gasteiger partial charge in [-0.2, -0.15) is 5.26 Å². The Balaban J connectivity index is 0.000000230. The number of methoxy groups -OCH3 is 1. The Hall–Kier alpha value is -4.07. The molecule has 1 aromatic heterocycles. The fraction of sp³-hybridized carbons (Fsp3) is 0.250. The number of carbonyl (C=O) groups is 1. The lowest BCUT2D eigenvalue weighted by Crippen LogP contribution is -2.23. The Kier molecular flexibility index (Phi) is 11.6. The molecule has 1 fully saturated rings. The Morgan fingerprint density at radius 2 is 1.92 bits per heavy atom. The Morgan fingerprint density at radius 1 is 1.15 bits per heavy atom. The van der Waals surface area contributed by atoms with E-state index in [1.807, 2.05) is 61.6 Å². The van der Waals surface area contributed by atoms with Crippen LogP contribution >= 0.6 is 23.4 Å². The number of pyridine rings is 1. The van der Waals surface area contributed by atoms with E-state index in [0.29, 0.717) is 17.3 Å². The van der Waals surface area contributed by atoms with Crippen LogP contribution in [0.4, 0.5) is 0 Å². The standard InChI is InChI=1S/C18H19NO4.C10H9ClN4S/c1-13-8-4-7-11-16(13)23-12-14-9-5-6-10-15(14)17(19-22-3)18(20)21-2;11-9-2-1-8(5-13-9)6-15-3-4-16-10(15)14-7-12/h4-11H,12H2,1-3H3;1-2,5H,3-4,6H2/b19-17+;14-10-. The summed E-state index contributed by atoms with van der Waals surface area (Å²) >= 11 is 7.32. The molecule has 0 aliphatic carbocycles. The van der Waals surface area contributed by atoms with Gasteiger partial charge in [-0.1, -0.05) is 77.0 Å². The number of carbonyl (C=O) groups excluding carboxylic acids is 1. The lowest BCUT2D eigenvalue weighted by molar-refractivity contribution is -0.132. The van der Waals surface area contributed by atoms with Gasteiger partial charge in [0.15, 0.2) is 10.9 Å². The molecule has 0 amide bonds. The van der Waals surface area contributed by atoms with Crippen molar-refractivity contribution in [1.29, 1.82) is 5.26 Å². The molecule has 0 spiro atoms. The van der Waals surface area contributed by atoms with Gasteiger partial charge in [0.05, 0.1) is 7.11 Å². The zero-order chi connectivity index (χ0) is 28.0. The normalized spacial score (nSPS) is 13.8. The van der Waals surface area contributed by atoms with Gasteiger partial charge in [0.1, 0.15) is 24.6 Å². The van der Waals surface area contributed by atoms with Gasteiger partial charge in [-0.25, -0.2) is 9.78 Å². The van der Waals surface area contributed by atoms with Crippen LogP contribution in [0.2, 0.25) is 5.15 Å². The number of thioether (sulfide) groups is 1. The van der Waals surface area contributed by atoms with Crippen molar-refractivity contribution in [2.75, 3.05) is 26.5 Å². The number of aliphatic imine (C=N–C) groups is 1. The number of ether oxygens (including phenoxy) is 2. The van der Waals surface area contributed by atoms with Crippen LogP contribution in [0.5, 0.6) is 5.75 Å². The van der Waals surface area contributed by atoms with E-state index < -0.39 is 5.97 Å². The number of benzene rings is 2. The number of rotatable bonds is 8. The van der Waals surface area contributed by atoms with Crippen molar-refractivity contribution in [2.45, 2.75) is 20.1 Å². The second kappa shape index (κ2) is 15.4.